The van der Waals surface area contributed by atoms with Gasteiger partial charge >= 0.3 is 0 Å². The van der Waals surface area contributed by atoms with Gasteiger partial charge in [0.1, 0.15) is 5.54 Å². The summed E-state index contributed by atoms with van der Waals surface area (Å²) in [6, 6.07) is 16.2. The average Bonchev–Trinajstić information content (AvgIpc) is 2.61. The fourth-order valence-electron chi connectivity index (χ4n) is 4.83. The number of aryl methyl sites for hydroxylation is 1. The molecule has 5 heteroatoms. The van der Waals surface area contributed by atoms with Crippen LogP contribution in [0.4, 0.5) is 0 Å². The Bertz CT molecular complexity index is 899. The van der Waals surface area contributed by atoms with Crippen LogP contribution in [-0.4, -0.2) is 26.3 Å². The Morgan fingerprint density at radius 3 is 2.46 bits per heavy atom. The average molecular weight is 374 g/mol. The molecule has 5 rings (SSSR count). The van der Waals surface area contributed by atoms with Crippen molar-refractivity contribution in [3.63, 3.8) is 0 Å². The Hall–Kier alpha value is -1.69. The van der Waals surface area contributed by atoms with Crippen LogP contribution in [0.5, 0.6) is 0 Å². The maximum Gasteiger partial charge on any atom is 0.148 e. The third kappa shape index (κ3) is 3.31. The summed E-state index contributed by atoms with van der Waals surface area (Å²) in [4.78, 5) is 0. The zero-order chi connectivity index (χ0) is 18.9. The Morgan fingerprint density at radius 1 is 1.15 bits per heavy atom. The quantitative estimate of drug-likeness (QED) is 0.840. The fourth-order valence-corrected chi connectivity index (χ4v) is 4.83. The van der Waals surface area contributed by atoms with Crippen molar-refractivity contribution in [1.82, 2.24) is 0 Å². The molecule has 2 aromatic carbocycles. The van der Waals surface area contributed by atoms with Crippen LogP contribution in [-0.2, 0) is 22.1 Å². The normalized spacial score (nSPS) is 22.8. The first-order valence-corrected chi connectivity index (χ1v) is 11.1. The molecule has 0 saturated heterocycles. The van der Waals surface area contributed by atoms with Crippen molar-refractivity contribution < 1.29 is 18.3 Å². The molecule has 4 nitrogen and oxygen atoms in total. The van der Waals surface area contributed by atoms with Crippen molar-refractivity contribution in [3.05, 3.63) is 70.3 Å². The number of benzene rings is 2. The fraction of sp³-hybridized carbons (Fsp3) is 0.429. The minimum absolute atomic E-state index is 0.159. The molecule has 0 radical (unpaired) electrons. The highest BCUT2D eigenvalue weighted by Crippen LogP contribution is 2.54. The molecule has 0 aromatic heterocycles. The Labute approximate surface area is 156 Å². The molecule has 2 N–H and O–H groups in total. The summed E-state index contributed by atoms with van der Waals surface area (Å²) in [5, 5.41) is 2.47. The molecule has 0 fully saturated rings. The van der Waals surface area contributed by atoms with Crippen molar-refractivity contribution in [1.29, 1.82) is 0 Å². The van der Waals surface area contributed by atoms with E-state index in [1.807, 2.05) is 0 Å². The summed E-state index contributed by atoms with van der Waals surface area (Å²) < 4.78 is 27.2. The molecule has 0 saturated carbocycles. The van der Waals surface area contributed by atoms with Crippen molar-refractivity contribution in [2.24, 2.45) is 0 Å². The van der Waals surface area contributed by atoms with Gasteiger partial charge in [0.25, 0.3) is 0 Å². The summed E-state index contributed by atoms with van der Waals surface area (Å²) in [5.74, 6) is 0.620. The lowest BCUT2D eigenvalue weighted by Gasteiger charge is -2.47. The number of hydrogen-bond acceptors (Lipinski definition) is 3. The highest BCUT2D eigenvalue weighted by molar-refractivity contribution is 7.84. The zero-order valence-corrected chi connectivity index (χ0v) is 16.5. The molecular formula is C21H27NO3S. The van der Waals surface area contributed by atoms with Gasteiger partial charge in [-0.15, -0.1) is 0 Å². The van der Waals surface area contributed by atoms with E-state index in [1.165, 1.54) is 25.7 Å². The molecule has 0 spiro atoms. The van der Waals surface area contributed by atoms with Gasteiger partial charge in [-0.2, -0.15) is 0 Å². The van der Waals surface area contributed by atoms with Crippen LogP contribution in [0.25, 0.3) is 0 Å². The molecule has 2 aromatic rings. The highest BCUT2D eigenvalue weighted by atomic mass is 32.2. The summed E-state index contributed by atoms with van der Waals surface area (Å²) >= 11 is 0. The summed E-state index contributed by atoms with van der Waals surface area (Å²) in [6.45, 7) is 2.29. The summed E-state index contributed by atoms with van der Waals surface area (Å²) in [7, 11) is -1.66. The van der Waals surface area contributed by atoms with Crippen LogP contribution >= 0.6 is 0 Å². The molecule has 0 amide bonds. The molecule has 2 atom stereocenters. The molecule has 2 bridgehead atoms. The third-order valence-electron chi connectivity index (χ3n) is 5.66. The van der Waals surface area contributed by atoms with Crippen molar-refractivity contribution in [2.45, 2.75) is 44.1 Å². The van der Waals surface area contributed by atoms with Gasteiger partial charge < -0.3 is 9.87 Å². The second-order valence-corrected chi connectivity index (χ2v) is 8.68. The first-order chi connectivity index (χ1) is 12.3. The van der Waals surface area contributed by atoms with Crippen LogP contribution < -0.4 is 5.32 Å². The minimum atomic E-state index is -3.92. The third-order valence-corrected chi connectivity index (χ3v) is 5.66. The van der Waals surface area contributed by atoms with Crippen molar-refractivity contribution >= 4 is 10.1 Å². The lowest BCUT2D eigenvalue weighted by atomic mass is 9.58. The van der Waals surface area contributed by atoms with E-state index in [0.29, 0.717) is 12.2 Å². The van der Waals surface area contributed by atoms with E-state index in [9.17, 15) is 0 Å². The van der Waals surface area contributed by atoms with Crippen LogP contribution in [0.15, 0.2) is 42.5 Å². The SMILES string of the molecule is CCCc1cccc2c1C1([NH2+]C)CCC2c2ccccc21.CS(=O)(=O)[O-]. The summed E-state index contributed by atoms with van der Waals surface area (Å²) in [6.07, 6.45) is 5.60. The van der Waals surface area contributed by atoms with Crippen LogP contribution in [0, 0.1) is 0 Å². The smallest absolute Gasteiger partial charge is 0.148 e. The van der Waals surface area contributed by atoms with E-state index in [4.69, 9.17) is 13.0 Å². The van der Waals surface area contributed by atoms with E-state index in [0.717, 1.165) is 0 Å². The van der Waals surface area contributed by atoms with Gasteiger partial charge in [0.15, 0.2) is 0 Å². The Morgan fingerprint density at radius 2 is 1.81 bits per heavy atom. The molecule has 0 aliphatic heterocycles. The predicted molar refractivity (Wildman–Crippen MR) is 102 cm³/mol. The van der Waals surface area contributed by atoms with Gasteiger partial charge in [-0.25, -0.2) is 8.42 Å². The first-order valence-electron chi connectivity index (χ1n) is 9.25. The maximum atomic E-state index is 9.08. The minimum Gasteiger partial charge on any atom is -0.748 e. The second-order valence-electron chi connectivity index (χ2n) is 7.27. The number of rotatable bonds is 3. The standard InChI is InChI=1S/C20H23N.CH4O3S/c1-3-7-14-8-6-10-17-15-12-13-20(21-2,19(14)17)18-11-5-4-9-16(15)18;1-5(2,3)4/h4-6,8-11,15,21H,3,7,12-13H2,1-2H3;1H3,(H,2,3,4). The van der Waals surface area contributed by atoms with E-state index in [-0.39, 0.29) is 5.54 Å². The van der Waals surface area contributed by atoms with Crippen molar-refractivity contribution in [2.75, 3.05) is 13.3 Å². The van der Waals surface area contributed by atoms with Crippen LogP contribution in [0.3, 0.4) is 0 Å². The monoisotopic (exact) mass is 373 g/mol. The maximum absolute atomic E-state index is 9.08. The topological polar surface area (TPSA) is 73.8 Å². The number of nitrogens with two attached hydrogens (primary N) is 1. The molecule has 2 unspecified atom stereocenters. The highest BCUT2D eigenvalue weighted by Gasteiger charge is 2.51. The van der Waals surface area contributed by atoms with E-state index in [1.54, 1.807) is 27.8 Å². The van der Waals surface area contributed by atoms with Gasteiger partial charge in [-0.05, 0) is 29.5 Å². The summed E-state index contributed by atoms with van der Waals surface area (Å²) in [5.41, 5.74) is 8.12. The first kappa shape index (κ1) is 19.1. The molecule has 3 aliphatic carbocycles. The Balaban J connectivity index is 0.000000349. The Kier molecular flexibility index (Phi) is 5.24. The van der Waals surface area contributed by atoms with Crippen LogP contribution in [0.1, 0.15) is 59.9 Å². The van der Waals surface area contributed by atoms with E-state index >= 15 is 0 Å². The predicted octanol–water partition coefficient (Wildman–Crippen LogP) is 2.48. The van der Waals surface area contributed by atoms with Crippen LogP contribution in [0.2, 0.25) is 0 Å². The molecule has 26 heavy (non-hydrogen) atoms. The molecular weight excluding hydrogens is 346 g/mol. The molecule has 3 aliphatic rings. The lowest BCUT2D eigenvalue weighted by Crippen LogP contribution is -2.93. The number of quaternary nitrogens is 1. The molecule has 0 heterocycles. The van der Waals surface area contributed by atoms with E-state index < -0.39 is 10.1 Å². The molecule has 140 valence electrons. The van der Waals surface area contributed by atoms with Gasteiger partial charge in [0.2, 0.25) is 0 Å². The number of hydrogen-bond donors (Lipinski definition) is 1. The van der Waals surface area contributed by atoms with Gasteiger partial charge in [-0.3, -0.25) is 0 Å². The van der Waals surface area contributed by atoms with Crippen molar-refractivity contribution in [3.8, 4) is 0 Å². The second kappa shape index (κ2) is 7.14. The number of fused-ring (bicyclic) bond motifs is 1. The zero-order valence-electron chi connectivity index (χ0n) is 15.7. The lowest BCUT2D eigenvalue weighted by molar-refractivity contribution is -0.705. The largest absolute Gasteiger partial charge is 0.748 e. The van der Waals surface area contributed by atoms with Gasteiger partial charge in [-0.1, -0.05) is 55.8 Å². The van der Waals surface area contributed by atoms with Gasteiger partial charge in [0, 0.05) is 29.7 Å². The van der Waals surface area contributed by atoms with E-state index in [2.05, 4.69) is 61.8 Å². The van der Waals surface area contributed by atoms with Gasteiger partial charge in [0.05, 0.1) is 17.2 Å².